The van der Waals surface area contributed by atoms with Gasteiger partial charge in [0.15, 0.2) is 0 Å². The number of hydrogen-bond donors (Lipinski definition) is 0. The van der Waals surface area contributed by atoms with Crippen LogP contribution in [0.3, 0.4) is 0 Å². The standard InChI is InChI=1S/C13H15BrN2/c1-4-16-10(3)12(14)13(15-16)11-8-6-5-7-9(11)2/h5-8H,4H2,1-3H3. The van der Waals surface area contributed by atoms with Crippen molar-refractivity contribution < 1.29 is 0 Å². The Morgan fingerprint density at radius 3 is 2.50 bits per heavy atom. The molecule has 16 heavy (non-hydrogen) atoms. The molecule has 0 aliphatic heterocycles. The Kier molecular flexibility index (Phi) is 3.15. The Morgan fingerprint density at radius 1 is 1.25 bits per heavy atom. The minimum atomic E-state index is 0.899. The largest absolute Gasteiger partial charge is 0.268 e. The lowest BCUT2D eigenvalue weighted by Crippen LogP contribution is -1.98. The van der Waals surface area contributed by atoms with Crippen molar-refractivity contribution in [2.45, 2.75) is 27.3 Å². The maximum absolute atomic E-state index is 4.63. The van der Waals surface area contributed by atoms with Crippen LogP contribution in [-0.4, -0.2) is 9.78 Å². The molecule has 2 rings (SSSR count). The second-order valence-electron chi connectivity index (χ2n) is 3.88. The smallest absolute Gasteiger partial charge is 0.107 e. The van der Waals surface area contributed by atoms with E-state index >= 15 is 0 Å². The number of hydrogen-bond acceptors (Lipinski definition) is 1. The zero-order chi connectivity index (χ0) is 11.7. The van der Waals surface area contributed by atoms with Crippen LogP contribution in [-0.2, 0) is 6.54 Å². The molecule has 3 heteroatoms. The van der Waals surface area contributed by atoms with Crippen LogP contribution >= 0.6 is 15.9 Å². The van der Waals surface area contributed by atoms with Crippen LogP contribution in [0.5, 0.6) is 0 Å². The van der Waals surface area contributed by atoms with Crippen LogP contribution in [0.15, 0.2) is 28.7 Å². The Bertz CT molecular complexity index is 515. The van der Waals surface area contributed by atoms with Gasteiger partial charge in [0.25, 0.3) is 0 Å². The van der Waals surface area contributed by atoms with Gasteiger partial charge in [0.2, 0.25) is 0 Å². The third-order valence-electron chi connectivity index (χ3n) is 2.83. The molecule has 0 saturated carbocycles. The van der Waals surface area contributed by atoms with E-state index in [4.69, 9.17) is 0 Å². The summed E-state index contributed by atoms with van der Waals surface area (Å²) in [6, 6.07) is 8.33. The van der Waals surface area contributed by atoms with Gasteiger partial charge in [-0.25, -0.2) is 0 Å². The molecule has 84 valence electrons. The first kappa shape index (κ1) is 11.4. The summed E-state index contributed by atoms with van der Waals surface area (Å²) in [5, 5.41) is 4.63. The van der Waals surface area contributed by atoms with Crippen molar-refractivity contribution in [3.63, 3.8) is 0 Å². The Labute approximate surface area is 104 Å². The fourth-order valence-corrected chi connectivity index (χ4v) is 2.34. The lowest BCUT2D eigenvalue weighted by Gasteiger charge is -2.02. The van der Waals surface area contributed by atoms with Gasteiger partial charge in [0, 0.05) is 12.1 Å². The number of aryl methyl sites for hydroxylation is 2. The van der Waals surface area contributed by atoms with Gasteiger partial charge in [-0.1, -0.05) is 24.3 Å². The molecule has 0 atom stereocenters. The molecule has 2 nitrogen and oxygen atoms in total. The third-order valence-corrected chi connectivity index (χ3v) is 3.78. The van der Waals surface area contributed by atoms with Crippen molar-refractivity contribution >= 4 is 15.9 Å². The quantitative estimate of drug-likeness (QED) is 0.814. The van der Waals surface area contributed by atoms with E-state index < -0.39 is 0 Å². The summed E-state index contributed by atoms with van der Waals surface area (Å²) in [7, 11) is 0. The molecular formula is C13H15BrN2. The maximum Gasteiger partial charge on any atom is 0.107 e. The third kappa shape index (κ3) is 1.80. The van der Waals surface area contributed by atoms with Gasteiger partial charge in [0.1, 0.15) is 5.69 Å². The molecule has 0 unspecified atom stereocenters. The first-order valence-electron chi connectivity index (χ1n) is 5.44. The van der Waals surface area contributed by atoms with E-state index in [1.165, 1.54) is 16.8 Å². The predicted octanol–water partition coefficient (Wildman–Crippen LogP) is 3.95. The van der Waals surface area contributed by atoms with Crippen molar-refractivity contribution in [2.24, 2.45) is 0 Å². The van der Waals surface area contributed by atoms with Crippen molar-refractivity contribution in [2.75, 3.05) is 0 Å². The normalized spacial score (nSPS) is 10.8. The molecule has 0 saturated heterocycles. The minimum Gasteiger partial charge on any atom is -0.268 e. The molecule has 0 aliphatic carbocycles. The zero-order valence-corrected chi connectivity index (χ0v) is 11.4. The summed E-state index contributed by atoms with van der Waals surface area (Å²) < 4.78 is 3.12. The summed E-state index contributed by atoms with van der Waals surface area (Å²) in [5.41, 5.74) is 4.67. The van der Waals surface area contributed by atoms with Gasteiger partial charge >= 0.3 is 0 Å². The summed E-state index contributed by atoms with van der Waals surface area (Å²) in [6.07, 6.45) is 0. The Morgan fingerprint density at radius 2 is 1.94 bits per heavy atom. The SMILES string of the molecule is CCn1nc(-c2ccccc2C)c(Br)c1C. The summed E-state index contributed by atoms with van der Waals surface area (Å²) >= 11 is 3.63. The molecule has 1 heterocycles. The molecule has 1 aromatic carbocycles. The van der Waals surface area contributed by atoms with Crippen LogP contribution in [0.2, 0.25) is 0 Å². The molecule has 0 aliphatic rings. The van der Waals surface area contributed by atoms with Crippen LogP contribution in [0.4, 0.5) is 0 Å². The van der Waals surface area contributed by atoms with Gasteiger partial charge in [-0.2, -0.15) is 5.10 Å². The van der Waals surface area contributed by atoms with Gasteiger partial charge in [-0.05, 0) is 42.3 Å². The average Bonchev–Trinajstić information content (AvgIpc) is 2.57. The van der Waals surface area contributed by atoms with Crippen LogP contribution < -0.4 is 0 Å². The van der Waals surface area contributed by atoms with Crippen molar-refractivity contribution in [3.05, 3.63) is 40.0 Å². The molecule has 0 spiro atoms. The van der Waals surface area contributed by atoms with Crippen LogP contribution in [0, 0.1) is 13.8 Å². The van der Waals surface area contributed by atoms with E-state index in [2.05, 4.69) is 66.1 Å². The molecule has 1 aromatic heterocycles. The zero-order valence-electron chi connectivity index (χ0n) is 9.79. The number of aromatic nitrogens is 2. The van der Waals surface area contributed by atoms with E-state index in [9.17, 15) is 0 Å². The van der Waals surface area contributed by atoms with Crippen molar-refractivity contribution in [1.29, 1.82) is 0 Å². The topological polar surface area (TPSA) is 17.8 Å². The van der Waals surface area contributed by atoms with E-state index in [1.54, 1.807) is 0 Å². The molecular weight excluding hydrogens is 264 g/mol. The first-order valence-corrected chi connectivity index (χ1v) is 6.23. The Hall–Kier alpha value is -1.09. The van der Waals surface area contributed by atoms with Crippen molar-refractivity contribution in [3.8, 4) is 11.3 Å². The highest BCUT2D eigenvalue weighted by atomic mass is 79.9. The van der Waals surface area contributed by atoms with Crippen molar-refractivity contribution in [1.82, 2.24) is 9.78 Å². The molecule has 0 amide bonds. The number of nitrogens with zero attached hydrogens (tertiary/aromatic N) is 2. The molecule has 0 bridgehead atoms. The highest BCUT2D eigenvalue weighted by Crippen LogP contribution is 2.31. The van der Waals surface area contributed by atoms with Gasteiger partial charge < -0.3 is 0 Å². The maximum atomic E-state index is 4.63. The lowest BCUT2D eigenvalue weighted by atomic mass is 10.1. The number of benzene rings is 1. The van der Waals surface area contributed by atoms with Gasteiger partial charge in [-0.3, -0.25) is 4.68 Å². The highest BCUT2D eigenvalue weighted by molar-refractivity contribution is 9.10. The number of halogens is 1. The second kappa shape index (κ2) is 4.42. The molecule has 0 fully saturated rings. The van der Waals surface area contributed by atoms with Crippen LogP contribution in [0.25, 0.3) is 11.3 Å². The van der Waals surface area contributed by atoms with E-state index in [0.29, 0.717) is 0 Å². The fourth-order valence-electron chi connectivity index (χ4n) is 1.84. The highest BCUT2D eigenvalue weighted by Gasteiger charge is 2.14. The summed E-state index contributed by atoms with van der Waals surface area (Å²) in [5.74, 6) is 0. The fraction of sp³-hybridized carbons (Fsp3) is 0.308. The van der Waals surface area contributed by atoms with Crippen LogP contribution in [0.1, 0.15) is 18.2 Å². The molecule has 0 N–H and O–H groups in total. The molecule has 0 radical (unpaired) electrons. The monoisotopic (exact) mass is 278 g/mol. The second-order valence-corrected chi connectivity index (χ2v) is 4.67. The van der Waals surface area contributed by atoms with Gasteiger partial charge in [-0.15, -0.1) is 0 Å². The molecule has 2 aromatic rings. The summed E-state index contributed by atoms with van der Waals surface area (Å²) in [4.78, 5) is 0. The predicted molar refractivity (Wildman–Crippen MR) is 70.5 cm³/mol. The van der Waals surface area contributed by atoms with E-state index in [1.807, 2.05) is 4.68 Å². The first-order chi connectivity index (χ1) is 7.65. The van der Waals surface area contributed by atoms with E-state index in [-0.39, 0.29) is 0 Å². The van der Waals surface area contributed by atoms with E-state index in [0.717, 1.165) is 16.7 Å². The van der Waals surface area contributed by atoms with Gasteiger partial charge in [0.05, 0.1) is 10.2 Å². The lowest BCUT2D eigenvalue weighted by molar-refractivity contribution is 0.641. The average molecular weight is 279 g/mol. The Balaban J connectivity index is 2.61. The summed E-state index contributed by atoms with van der Waals surface area (Å²) in [6.45, 7) is 7.20. The minimum absolute atomic E-state index is 0.899. The number of rotatable bonds is 2.